The first-order valence-electron chi connectivity index (χ1n) is 4.74. The van der Waals surface area contributed by atoms with Gasteiger partial charge >= 0.3 is 6.09 Å². The molecule has 1 amide bonds. The van der Waals surface area contributed by atoms with Gasteiger partial charge in [0.15, 0.2) is 0 Å². The van der Waals surface area contributed by atoms with Gasteiger partial charge in [0.1, 0.15) is 5.75 Å². The lowest BCUT2D eigenvalue weighted by Gasteiger charge is -2.10. The first-order chi connectivity index (χ1) is 8.11. The molecule has 1 heterocycles. The Morgan fingerprint density at radius 2 is 2.29 bits per heavy atom. The van der Waals surface area contributed by atoms with E-state index in [4.69, 9.17) is 21.4 Å². The van der Waals surface area contributed by atoms with E-state index in [9.17, 15) is 4.79 Å². The summed E-state index contributed by atoms with van der Waals surface area (Å²) in [5.74, 6) is 0.398. The minimum Gasteiger partial charge on any atom is -0.494 e. The lowest BCUT2D eigenvalue weighted by Crippen LogP contribution is -2.08. The van der Waals surface area contributed by atoms with Gasteiger partial charge in [-0.3, -0.25) is 10.3 Å². The number of anilines is 1. The number of carbonyl (C=O) groups is 1. The number of rotatable bonds is 2. The molecule has 6 heteroatoms. The van der Waals surface area contributed by atoms with Crippen molar-refractivity contribution in [2.24, 2.45) is 0 Å². The number of aromatic nitrogens is 1. The molecule has 0 aliphatic heterocycles. The molecular weight excluding hydrogens is 244 g/mol. The summed E-state index contributed by atoms with van der Waals surface area (Å²) in [6.45, 7) is 0. The Hall–Kier alpha value is -2.01. The first-order valence-corrected chi connectivity index (χ1v) is 5.12. The van der Waals surface area contributed by atoms with Gasteiger partial charge in [-0.1, -0.05) is 11.6 Å². The summed E-state index contributed by atoms with van der Waals surface area (Å²) in [6, 6.07) is 4.87. The number of halogens is 1. The number of benzene rings is 1. The van der Waals surface area contributed by atoms with Crippen LogP contribution in [-0.4, -0.2) is 23.3 Å². The van der Waals surface area contributed by atoms with Crippen LogP contribution in [0.25, 0.3) is 10.9 Å². The second-order valence-electron chi connectivity index (χ2n) is 3.29. The van der Waals surface area contributed by atoms with E-state index >= 15 is 0 Å². The number of ether oxygens (including phenoxy) is 1. The molecule has 0 spiro atoms. The van der Waals surface area contributed by atoms with Crippen LogP contribution >= 0.6 is 11.6 Å². The highest BCUT2D eigenvalue weighted by Crippen LogP contribution is 2.32. The van der Waals surface area contributed by atoms with Crippen LogP contribution in [0.5, 0.6) is 5.75 Å². The molecule has 2 aromatic rings. The largest absolute Gasteiger partial charge is 0.494 e. The topological polar surface area (TPSA) is 71.5 Å². The van der Waals surface area contributed by atoms with Crippen LogP contribution < -0.4 is 10.1 Å². The number of amides is 1. The molecule has 0 unspecified atom stereocenters. The summed E-state index contributed by atoms with van der Waals surface area (Å²) in [5, 5.41) is 12.1. The summed E-state index contributed by atoms with van der Waals surface area (Å²) in [4.78, 5) is 14.8. The van der Waals surface area contributed by atoms with Crippen LogP contribution in [0.1, 0.15) is 0 Å². The normalized spacial score (nSPS) is 10.2. The molecule has 1 aromatic heterocycles. The molecule has 2 rings (SSSR count). The van der Waals surface area contributed by atoms with Crippen molar-refractivity contribution in [3.8, 4) is 5.75 Å². The highest BCUT2D eigenvalue weighted by molar-refractivity contribution is 6.35. The summed E-state index contributed by atoms with van der Waals surface area (Å²) in [6.07, 6.45) is 0.414. The maximum absolute atomic E-state index is 10.6. The predicted molar refractivity (Wildman–Crippen MR) is 65.0 cm³/mol. The Bertz CT molecular complexity index is 586. The number of hydrogen-bond donors (Lipinski definition) is 2. The van der Waals surface area contributed by atoms with E-state index < -0.39 is 6.09 Å². The minimum absolute atomic E-state index is 0.336. The van der Waals surface area contributed by atoms with Crippen LogP contribution in [0.2, 0.25) is 5.02 Å². The molecule has 0 bridgehead atoms. The number of methoxy groups -OCH3 is 1. The number of nitrogens with one attached hydrogen (secondary N) is 1. The molecular formula is C11H9ClN2O3. The van der Waals surface area contributed by atoms with Gasteiger partial charge in [0.25, 0.3) is 0 Å². The zero-order valence-electron chi connectivity index (χ0n) is 8.90. The third kappa shape index (κ3) is 2.24. The lowest BCUT2D eigenvalue weighted by atomic mass is 10.2. The summed E-state index contributed by atoms with van der Waals surface area (Å²) < 4.78 is 5.09. The Labute approximate surface area is 102 Å². The number of fused-ring (bicyclic) bond motifs is 1. The van der Waals surface area contributed by atoms with Gasteiger partial charge < -0.3 is 9.84 Å². The van der Waals surface area contributed by atoms with Crippen molar-refractivity contribution in [1.82, 2.24) is 4.98 Å². The number of nitrogens with zero attached hydrogens (tertiary/aromatic N) is 1. The number of carboxylic acid groups (broad SMARTS) is 1. The van der Waals surface area contributed by atoms with Gasteiger partial charge in [-0.15, -0.1) is 0 Å². The third-order valence-electron chi connectivity index (χ3n) is 2.25. The second-order valence-corrected chi connectivity index (χ2v) is 3.70. The molecule has 1 aromatic carbocycles. The van der Waals surface area contributed by atoms with E-state index in [-0.39, 0.29) is 0 Å². The Morgan fingerprint density at radius 1 is 1.53 bits per heavy atom. The average Bonchev–Trinajstić information content (AvgIpc) is 2.29. The Kier molecular flexibility index (Phi) is 3.01. The Morgan fingerprint density at radius 3 is 2.94 bits per heavy atom. The van der Waals surface area contributed by atoms with Gasteiger partial charge in [0, 0.05) is 17.6 Å². The maximum Gasteiger partial charge on any atom is 0.409 e. The summed E-state index contributed by atoms with van der Waals surface area (Å²) >= 11 is 6.01. The predicted octanol–water partition coefficient (Wildman–Crippen LogP) is 2.99. The van der Waals surface area contributed by atoms with Crippen LogP contribution in [0.4, 0.5) is 10.5 Å². The van der Waals surface area contributed by atoms with Crippen LogP contribution in [-0.2, 0) is 0 Å². The average molecular weight is 253 g/mol. The van der Waals surface area contributed by atoms with Crippen molar-refractivity contribution in [2.75, 3.05) is 12.4 Å². The van der Waals surface area contributed by atoms with E-state index in [0.29, 0.717) is 27.4 Å². The van der Waals surface area contributed by atoms with Crippen molar-refractivity contribution in [3.05, 3.63) is 29.4 Å². The number of hydrogen-bond acceptors (Lipinski definition) is 3. The molecule has 0 radical (unpaired) electrons. The van der Waals surface area contributed by atoms with Crippen molar-refractivity contribution in [2.45, 2.75) is 0 Å². The van der Waals surface area contributed by atoms with Crippen molar-refractivity contribution < 1.29 is 14.6 Å². The second kappa shape index (κ2) is 4.47. The maximum atomic E-state index is 10.6. The van der Waals surface area contributed by atoms with E-state index in [2.05, 4.69) is 10.3 Å². The SMILES string of the molecule is COc1cc2nccc(Cl)c2cc1NC(=O)O. The molecule has 0 aliphatic carbocycles. The fourth-order valence-electron chi connectivity index (χ4n) is 1.52. The molecule has 88 valence electrons. The van der Waals surface area contributed by atoms with E-state index in [1.54, 1.807) is 24.4 Å². The zero-order chi connectivity index (χ0) is 12.4. The molecule has 2 N–H and O–H groups in total. The lowest BCUT2D eigenvalue weighted by molar-refractivity contribution is 0.209. The van der Waals surface area contributed by atoms with Gasteiger partial charge in [-0.05, 0) is 12.1 Å². The zero-order valence-corrected chi connectivity index (χ0v) is 9.65. The minimum atomic E-state index is -1.16. The molecule has 0 saturated heterocycles. The molecule has 17 heavy (non-hydrogen) atoms. The van der Waals surface area contributed by atoms with Gasteiger partial charge in [-0.2, -0.15) is 0 Å². The summed E-state index contributed by atoms with van der Waals surface area (Å²) in [5.41, 5.74) is 0.979. The monoisotopic (exact) mass is 252 g/mol. The molecule has 0 saturated carbocycles. The molecule has 0 fully saturated rings. The van der Waals surface area contributed by atoms with Crippen LogP contribution in [0, 0.1) is 0 Å². The highest BCUT2D eigenvalue weighted by Gasteiger charge is 2.10. The fraction of sp³-hybridized carbons (Fsp3) is 0.0909. The third-order valence-corrected chi connectivity index (χ3v) is 2.58. The van der Waals surface area contributed by atoms with E-state index in [1.165, 1.54) is 7.11 Å². The summed E-state index contributed by atoms with van der Waals surface area (Å²) in [7, 11) is 1.46. The fourth-order valence-corrected chi connectivity index (χ4v) is 1.73. The molecule has 0 aliphatic rings. The van der Waals surface area contributed by atoms with Crippen molar-refractivity contribution in [1.29, 1.82) is 0 Å². The number of pyridine rings is 1. The standard InChI is InChI=1S/C11H9ClN2O3/c1-17-10-5-8-6(7(12)2-3-13-8)4-9(10)14-11(15)16/h2-5,14H,1H3,(H,15,16). The van der Waals surface area contributed by atoms with Gasteiger partial charge in [-0.25, -0.2) is 4.79 Å². The quantitative estimate of drug-likeness (QED) is 0.862. The van der Waals surface area contributed by atoms with E-state index in [0.717, 1.165) is 0 Å². The van der Waals surface area contributed by atoms with Crippen LogP contribution in [0.15, 0.2) is 24.4 Å². The van der Waals surface area contributed by atoms with Crippen molar-refractivity contribution >= 4 is 34.3 Å². The van der Waals surface area contributed by atoms with Gasteiger partial charge in [0.2, 0.25) is 0 Å². The Balaban J connectivity index is 2.65. The molecule has 5 nitrogen and oxygen atoms in total. The first kappa shape index (κ1) is 11.5. The van der Waals surface area contributed by atoms with E-state index in [1.807, 2.05) is 0 Å². The highest BCUT2D eigenvalue weighted by atomic mass is 35.5. The molecule has 0 atom stereocenters. The smallest absolute Gasteiger partial charge is 0.409 e. The van der Waals surface area contributed by atoms with Gasteiger partial charge in [0.05, 0.1) is 23.3 Å². The van der Waals surface area contributed by atoms with Crippen LogP contribution in [0.3, 0.4) is 0 Å². The van der Waals surface area contributed by atoms with Crippen molar-refractivity contribution in [3.63, 3.8) is 0 Å².